The smallest absolute Gasteiger partial charge is 0.251 e. The molecule has 2 bridgehead atoms. The lowest BCUT2D eigenvalue weighted by molar-refractivity contribution is 0.0924. The maximum atomic E-state index is 13.7. The lowest BCUT2D eigenvalue weighted by Gasteiger charge is -2.29. The van der Waals surface area contributed by atoms with E-state index in [1.54, 1.807) is 0 Å². The first-order valence-corrected chi connectivity index (χ1v) is 9.53. The van der Waals surface area contributed by atoms with Crippen molar-refractivity contribution in [1.29, 1.82) is 0 Å². The lowest BCUT2D eigenvalue weighted by atomic mass is 9.99. The molecule has 3 N–H and O–H groups in total. The molecule has 6 nitrogen and oxygen atoms in total. The van der Waals surface area contributed by atoms with Crippen LogP contribution in [0, 0.1) is 5.82 Å². The highest BCUT2D eigenvalue weighted by Crippen LogP contribution is 2.27. The van der Waals surface area contributed by atoms with Crippen LogP contribution in [-0.4, -0.2) is 38.7 Å². The van der Waals surface area contributed by atoms with Crippen LogP contribution >= 0.6 is 12.4 Å². The molecule has 9 heteroatoms. The van der Waals surface area contributed by atoms with E-state index < -0.39 is 15.8 Å². The largest absolute Gasteiger partial charge is 0.349 e. The Labute approximate surface area is 147 Å². The minimum absolute atomic E-state index is 0. The van der Waals surface area contributed by atoms with E-state index in [0.29, 0.717) is 12.1 Å². The minimum Gasteiger partial charge on any atom is -0.349 e. The molecule has 0 saturated carbocycles. The molecule has 2 saturated heterocycles. The summed E-state index contributed by atoms with van der Waals surface area (Å²) in [5.41, 5.74) is 0.0222. The van der Waals surface area contributed by atoms with Gasteiger partial charge in [0, 0.05) is 23.7 Å². The van der Waals surface area contributed by atoms with Gasteiger partial charge in [0.2, 0.25) is 10.0 Å². The van der Waals surface area contributed by atoms with Gasteiger partial charge in [0.25, 0.3) is 5.91 Å². The van der Waals surface area contributed by atoms with Crippen LogP contribution in [0.2, 0.25) is 0 Å². The fourth-order valence-electron chi connectivity index (χ4n) is 3.39. The Morgan fingerprint density at radius 2 is 1.88 bits per heavy atom. The number of carbonyl (C=O) groups excluding carboxylic acids is 1. The normalized spacial score (nSPS) is 25.7. The molecule has 1 aromatic carbocycles. The number of hydrogen-bond donors (Lipinski definition) is 3. The molecule has 2 aliphatic heterocycles. The van der Waals surface area contributed by atoms with Gasteiger partial charge < -0.3 is 10.6 Å². The predicted molar refractivity (Wildman–Crippen MR) is 92.5 cm³/mol. The van der Waals surface area contributed by atoms with Crippen molar-refractivity contribution in [1.82, 2.24) is 10.6 Å². The molecule has 3 rings (SSSR count). The Morgan fingerprint density at radius 3 is 2.46 bits per heavy atom. The van der Waals surface area contributed by atoms with E-state index >= 15 is 0 Å². The number of hydrogen-bond acceptors (Lipinski definition) is 4. The van der Waals surface area contributed by atoms with Gasteiger partial charge in [-0.25, -0.2) is 12.8 Å². The number of amides is 1. The Hall–Kier alpha value is -1.38. The van der Waals surface area contributed by atoms with Crippen molar-refractivity contribution in [2.24, 2.45) is 0 Å². The van der Waals surface area contributed by atoms with Crippen LogP contribution in [-0.2, 0) is 10.0 Å². The summed E-state index contributed by atoms with van der Waals surface area (Å²) >= 11 is 0. The van der Waals surface area contributed by atoms with Crippen LogP contribution < -0.4 is 15.4 Å². The zero-order chi connectivity index (χ0) is 16.6. The third-order valence-electron chi connectivity index (χ3n) is 4.33. The van der Waals surface area contributed by atoms with Crippen molar-refractivity contribution in [3.63, 3.8) is 0 Å². The van der Waals surface area contributed by atoms with Crippen molar-refractivity contribution in [3.8, 4) is 0 Å². The Balaban J connectivity index is 0.00000208. The molecule has 2 fully saturated rings. The molecule has 2 aliphatic rings. The summed E-state index contributed by atoms with van der Waals surface area (Å²) in [7, 11) is -3.61. The average molecular weight is 378 g/mol. The topological polar surface area (TPSA) is 87.3 Å². The summed E-state index contributed by atoms with van der Waals surface area (Å²) in [6.45, 7) is 0. The second-order valence-electron chi connectivity index (χ2n) is 6.35. The van der Waals surface area contributed by atoms with Gasteiger partial charge in [-0.2, -0.15) is 0 Å². The maximum Gasteiger partial charge on any atom is 0.251 e. The van der Waals surface area contributed by atoms with Crippen molar-refractivity contribution in [2.75, 3.05) is 11.0 Å². The second-order valence-corrected chi connectivity index (χ2v) is 8.10. The third-order valence-corrected chi connectivity index (χ3v) is 4.92. The Morgan fingerprint density at radius 1 is 1.25 bits per heavy atom. The van der Waals surface area contributed by atoms with Gasteiger partial charge in [-0.3, -0.25) is 9.52 Å². The first kappa shape index (κ1) is 19.0. The van der Waals surface area contributed by atoms with Crippen molar-refractivity contribution >= 4 is 34.0 Å². The number of piperidine rings is 1. The van der Waals surface area contributed by atoms with E-state index in [9.17, 15) is 17.6 Å². The molecule has 134 valence electrons. The summed E-state index contributed by atoms with van der Waals surface area (Å²) in [6.07, 6.45) is 4.98. The molecule has 0 radical (unpaired) electrons. The molecule has 2 heterocycles. The monoisotopic (exact) mass is 377 g/mol. The van der Waals surface area contributed by atoms with Crippen LogP contribution in [0.15, 0.2) is 18.2 Å². The van der Waals surface area contributed by atoms with Gasteiger partial charge in [0.1, 0.15) is 5.82 Å². The summed E-state index contributed by atoms with van der Waals surface area (Å²) in [4.78, 5) is 12.3. The number of nitrogens with one attached hydrogen (secondary N) is 3. The highest BCUT2D eigenvalue weighted by molar-refractivity contribution is 7.92. The van der Waals surface area contributed by atoms with Crippen LogP contribution in [0.25, 0.3) is 0 Å². The molecule has 1 amide bonds. The number of rotatable bonds is 4. The summed E-state index contributed by atoms with van der Waals surface area (Å²) in [5.74, 6) is -1.03. The SMILES string of the molecule is CS(=O)(=O)Nc1cc(C(=O)NC2CC3CCC(C2)N3)ccc1F.Cl. The molecule has 0 spiro atoms. The second kappa shape index (κ2) is 7.25. The van der Waals surface area contributed by atoms with E-state index in [0.717, 1.165) is 38.0 Å². The first-order valence-electron chi connectivity index (χ1n) is 7.64. The van der Waals surface area contributed by atoms with E-state index in [1.165, 1.54) is 12.1 Å². The molecular formula is C15H21ClFN3O3S. The lowest BCUT2D eigenvalue weighted by Crippen LogP contribution is -2.48. The summed E-state index contributed by atoms with van der Waals surface area (Å²) < 4.78 is 38.2. The molecule has 0 aliphatic carbocycles. The minimum atomic E-state index is -3.61. The van der Waals surface area contributed by atoms with E-state index in [2.05, 4.69) is 15.4 Å². The third kappa shape index (κ3) is 4.58. The highest BCUT2D eigenvalue weighted by Gasteiger charge is 2.34. The van der Waals surface area contributed by atoms with Crippen LogP contribution in [0.4, 0.5) is 10.1 Å². The molecular weight excluding hydrogens is 357 g/mol. The van der Waals surface area contributed by atoms with Gasteiger partial charge in [0.15, 0.2) is 0 Å². The van der Waals surface area contributed by atoms with Gasteiger partial charge in [0.05, 0.1) is 11.9 Å². The summed E-state index contributed by atoms with van der Waals surface area (Å²) in [6, 6.07) is 4.67. The zero-order valence-electron chi connectivity index (χ0n) is 13.2. The number of anilines is 1. The van der Waals surface area contributed by atoms with Gasteiger partial charge in [-0.1, -0.05) is 0 Å². The molecule has 1 aromatic rings. The van der Waals surface area contributed by atoms with Crippen molar-refractivity contribution < 1.29 is 17.6 Å². The molecule has 24 heavy (non-hydrogen) atoms. The van der Waals surface area contributed by atoms with Crippen LogP contribution in [0.3, 0.4) is 0 Å². The Kier molecular flexibility index (Phi) is 5.72. The van der Waals surface area contributed by atoms with E-state index in [1.807, 2.05) is 0 Å². The highest BCUT2D eigenvalue weighted by atomic mass is 35.5. The fourth-order valence-corrected chi connectivity index (χ4v) is 3.94. The van der Waals surface area contributed by atoms with Crippen LogP contribution in [0.5, 0.6) is 0 Å². The van der Waals surface area contributed by atoms with Gasteiger partial charge in [-0.15, -0.1) is 12.4 Å². The van der Waals surface area contributed by atoms with E-state index in [4.69, 9.17) is 0 Å². The first-order chi connectivity index (χ1) is 10.8. The van der Waals surface area contributed by atoms with Crippen LogP contribution in [0.1, 0.15) is 36.0 Å². The summed E-state index contributed by atoms with van der Waals surface area (Å²) in [5, 5.41) is 6.46. The van der Waals surface area contributed by atoms with Gasteiger partial charge in [-0.05, 0) is 43.9 Å². The maximum absolute atomic E-state index is 13.7. The van der Waals surface area contributed by atoms with Crippen molar-refractivity contribution in [2.45, 2.75) is 43.8 Å². The number of benzene rings is 1. The zero-order valence-corrected chi connectivity index (χ0v) is 14.8. The van der Waals surface area contributed by atoms with Crippen molar-refractivity contribution in [3.05, 3.63) is 29.6 Å². The molecule has 2 unspecified atom stereocenters. The number of carbonyl (C=O) groups is 1. The quantitative estimate of drug-likeness (QED) is 0.744. The Bertz CT molecular complexity index is 717. The number of halogens is 2. The number of sulfonamides is 1. The van der Waals surface area contributed by atoms with E-state index in [-0.39, 0.29) is 35.6 Å². The van der Waals surface area contributed by atoms with Gasteiger partial charge >= 0.3 is 0 Å². The molecule has 0 aromatic heterocycles. The molecule has 2 atom stereocenters. The standard InChI is InChI=1S/C15H20FN3O3S.ClH/c1-23(21,22)19-14-6-9(2-5-13(14)16)15(20)18-12-7-10-3-4-11(8-12)17-10;/h2,5-6,10-12,17,19H,3-4,7-8H2,1H3,(H,18,20);1H. The fraction of sp³-hybridized carbons (Fsp3) is 0.533. The number of fused-ring (bicyclic) bond motifs is 2. The predicted octanol–water partition coefficient (Wildman–Crippen LogP) is 1.63. The average Bonchev–Trinajstić information content (AvgIpc) is 2.79.